The van der Waals surface area contributed by atoms with Gasteiger partial charge in [-0.25, -0.2) is 9.69 Å². The van der Waals surface area contributed by atoms with Crippen LogP contribution in [0.1, 0.15) is 57.6 Å². The third-order valence-electron chi connectivity index (χ3n) is 4.35. The van der Waals surface area contributed by atoms with Gasteiger partial charge in [-0.05, 0) is 18.9 Å². The highest BCUT2D eigenvalue weighted by Crippen LogP contribution is 2.33. The number of carbonyl (C=O) groups is 1. The van der Waals surface area contributed by atoms with E-state index in [9.17, 15) is 4.79 Å². The van der Waals surface area contributed by atoms with Crippen LogP contribution in [0.5, 0.6) is 0 Å². The Kier molecular flexibility index (Phi) is 5.89. The lowest BCUT2D eigenvalue weighted by atomic mass is 10.0. The summed E-state index contributed by atoms with van der Waals surface area (Å²) in [6.07, 6.45) is 5.69. The maximum Gasteiger partial charge on any atom is 0.332 e. The highest BCUT2D eigenvalue weighted by atomic mass is 16.2. The maximum atomic E-state index is 12.4. The maximum absolute atomic E-state index is 12.4. The van der Waals surface area contributed by atoms with Crippen LogP contribution in [0.25, 0.3) is 0 Å². The molecule has 1 heterocycles. The largest absolute Gasteiger partial charge is 0.332 e. The number of urea groups is 1. The Morgan fingerprint density at radius 1 is 1.14 bits per heavy atom. The van der Waals surface area contributed by atoms with Crippen molar-refractivity contribution in [3.63, 3.8) is 0 Å². The number of likely N-dealkylation sites (N-methyl/N-ethyl adjacent to an activating group) is 1. The predicted molar refractivity (Wildman–Crippen MR) is 90.2 cm³/mol. The summed E-state index contributed by atoms with van der Waals surface area (Å²) >= 11 is 0. The van der Waals surface area contributed by atoms with E-state index in [4.69, 9.17) is 0 Å². The van der Waals surface area contributed by atoms with Crippen LogP contribution in [-0.4, -0.2) is 28.9 Å². The lowest BCUT2D eigenvalue weighted by Gasteiger charge is -2.21. The third-order valence-corrected chi connectivity index (χ3v) is 4.35. The first kappa shape index (κ1) is 16.4. The van der Waals surface area contributed by atoms with E-state index in [0.29, 0.717) is 0 Å². The van der Waals surface area contributed by atoms with Crippen LogP contribution < -0.4 is 0 Å². The number of rotatable bonds is 5. The molecule has 22 heavy (non-hydrogen) atoms. The fourth-order valence-electron chi connectivity index (χ4n) is 2.87. The minimum absolute atomic E-state index is 0.00223. The van der Waals surface area contributed by atoms with Crippen molar-refractivity contribution in [1.82, 2.24) is 9.80 Å². The average Bonchev–Trinajstić information content (AvgIpc) is 2.76. The zero-order valence-corrected chi connectivity index (χ0v) is 13.9. The highest BCUT2D eigenvalue weighted by Gasteiger charge is 2.41. The van der Waals surface area contributed by atoms with Crippen molar-refractivity contribution in [2.45, 2.75) is 58.0 Å². The molecule has 1 fully saturated rings. The van der Waals surface area contributed by atoms with Gasteiger partial charge in [0.05, 0.1) is 12.1 Å². The first-order valence-corrected chi connectivity index (χ1v) is 8.26. The standard InChI is InChI=1S/C19H26N2O/c1-4-5-6-7-8-12-15-21-18(16(2)20(3)19(21)22)17-13-10-9-11-14-17/h9-11,13-14,16,18H,4-8H2,1-3H3/t16-,18-/m0/s1. The zero-order valence-electron chi connectivity index (χ0n) is 13.9. The Labute approximate surface area is 134 Å². The Bertz CT molecular complexity index is 544. The molecule has 0 unspecified atom stereocenters. The summed E-state index contributed by atoms with van der Waals surface area (Å²) in [4.78, 5) is 15.9. The van der Waals surface area contributed by atoms with Gasteiger partial charge in [-0.3, -0.25) is 0 Å². The van der Waals surface area contributed by atoms with Gasteiger partial charge in [-0.15, -0.1) is 0 Å². The molecule has 0 aliphatic carbocycles. The summed E-state index contributed by atoms with van der Waals surface area (Å²) in [6.45, 7) is 4.29. The summed E-state index contributed by atoms with van der Waals surface area (Å²) in [5.41, 5.74) is 1.15. The third kappa shape index (κ3) is 3.62. The molecular weight excluding hydrogens is 272 g/mol. The Balaban J connectivity index is 2.09. The van der Waals surface area contributed by atoms with Crippen molar-refractivity contribution in [2.24, 2.45) is 0 Å². The van der Waals surface area contributed by atoms with Gasteiger partial charge in [0, 0.05) is 19.5 Å². The second-order valence-electron chi connectivity index (χ2n) is 5.96. The molecule has 3 nitrogen and oxygen atoms in total. The van der Waals surface area contributed by atoms with Crippen molar-refractivity contribution < 1.29 is 4.79 Å². The molecule has 0 spiro atoms. The molecule has 0 radical (unpaired) electrons. The molecular formula is C19H26N2O. The van der Waals surface area contributed by atoms with E-state index in [2.05, 4.69) is 37.9 Å². The van der Waals surface area contributed by atoms with Crippen molar-refractivity contribution in [3.05, 3.63) is 35.9 Å². The topological polar surface area (TPSA) is 23.6 Å². The number of unbranched alkanes of at least 4 members (excludes halogenated alkanes) is 4. The van der Waals surface area contributed by atoms with Gasteiger partial charge in [0.25, 0.3) is 0 Å². The molecule has 2 atom stereocenters. The van der Waals surface area contributed by atoms with Gasteiger partial charge in [0.1, 0.15) is 0 Å². The first-order chi connectivity index (χ1) is 10.7. The van der Waals surface area contributed by atoms with Crippen LogP contribution in [0.15, 0.2) is 30.3 Å². The van der Waals surface area contributed by atoms with Crippen molar-refractivity contribution in [3.8, 4) is 12.0 Å². The Morgan fingerprint density at radius 3 is 2.55 bits per heavy atom. The van der Waals surface area contributed by atoms with E-state index in [0.717, 1.165) is 18.4 Å². The van der Waals surface area contributed by atoms with Crippen LogP contribution in [0.4, 0.5) is 4.79 Å². The minimum Gasteiger partial charge on any atom is -0.322 e. The average molecular weight is 298 g/mol. The molecule has 0 N–H and O–H groups in total. The van der Waals surface area contributed by atoms with E-state index < -0.39 is 0 Å². The van der Waals surface area contributed by atoms with Gasteiger partial charge in [-0.1, -0.05) is 62.4 Å². The number of hydrogen-bond donors (Lipinski definition) is 0. The lowest BCUT2D eigenvalue weighted by molar-refractivity contribution is 0.206. The Morgan fingerprint density at radius 2 is 1.86 bits per heavy atom. The van der Waals surface area contributed by atoms with Crippen LogP contribution in [0, 0.1) is 12.0 Å². The molecule has 0 aromatic heterocycles. The van der Waals surface area contributed by atoms with Gasteiger partial charge in [-0.2, -0.15) is 0 Å². The first-order valence-electron chi connectivity index (χ1n) is 8.26. The van der Waals surface area contributed by atoms with Gasteiger partial charge >= 0.3 is 6.03 Å². The summed E-state index contributed by atoms with van der Waals surface area (Å²) in [6, 6.07) is 13.4. The molecule has 1 aromatic rings. The van der Waals surface area contributed by atoms with E-state index in [1.165, 1.54) is 19.3 Å². The fraction of sp³-hybridized carbons (Fsp3) is 0.526. The molecule has 0 saturated carbocycles. The normalized spacial score (nSPS) is 21.0. The number of benzene rings is 1. The van der Waals surface area contributed by atoms with Crippen LogP contribution >= 0.6 is 0 Å². The number of hydrogen-bond acceptors (Lipinski definition) is 1. The molecule has 118 valence electrons. The molecule has 0 bridgehead atoms. The van der Waals surface area contributed by atoms with Crippen molar-refractivity contribution in [2.75, 3.05) is 7.05 Å². The van der Waals surface area contributed by atoms with E-state index in [1.807, 2.05) is 25.2 Å². The number of carbonyl (C=O) groups excluding carboxylic acids is 1. The van der Waals surface area contributed by atoms with Crippen LogP contribution in [0.2, 0.25) is 0 Å². The summed E-state index contributed by atoms with van der Waals surface area (Å²) in [7, 11) is 1.85. The van der Waals surface area contributed by atoms with Crippen LogP contribution in [-0.2, 0) is 0 Å². The van der Waals surface area contributed by atoms with E-state index >= 15 is 0 Å². The van der Waals surface area contributed by atoms with Crippen molar-refractivity contribution >= 4 is 6.03 Å². The second kappa shape index (κ2) is 7.89. The second-order valence-corrected chi connectivity index (χ2v) is 5.96. The van der Waals surface area contributed by atoms with Gasteiger partial charge < -0.3 is 4.90 Å². The molecule has 1 aromatic carbocycles. The predicted octanol–water partition coefficient (Wildman–Crippen LogP) is 4.41. The van der Waals surface area contributed by atoms with E-state index in [-0.39, 0.29) is 18.1 Å². The Hall–Kier alpha value is -1.95. The van der Waals surface area contributed by atoms with Gasteiger partial charge in [0.2, 0.25) is 0 Å². The summed E-state index contributed by atoms with van der Waals surface area (Å²) in [5, 5.41) is 0. The van der Waals surface area contributed by atoms with Crippen LogP contribution in [0.3, 0.4) is 0 Å². The summed E-state index contributed by atoms with van der Waals surface area (Å²) < 4.78 is 0. The molecule has 2 amide bonds. The highest BCUT2D eigenvalue weighted by molar-refractivity contribution is 5.80. The zero-order chi connectivity index (χ0) is 15.9. The minimum atomic E-state index is 0.00223. The molecule has 1 aliphatic heterocycles. The lowest BCUT2D eigenvalue weighted by Crippen LogP contribution is -2.28. The summed E-state index contributed by atoms with van der Waals surface area (Å²) in [5.74, 6) is 3.19. The van der Waals surface area contributed by atoms with Crippen molar-refractivity contribution in [1.29, 1.82) is 0 Å². The quantitative estimate of drug-likeness (QED) is 0.583. The monoisotopic (exact) mass is 298 g/mol. The number of nitrogens with zero attached hydrogens (tertiary/aromatic N) is 2. The molecule has 1 aliphatic rings. The van der Waals surface area contributed by atoms with E-state index in [1.54, 1.807) is 9.80 Å². The molecule has 2 rings (SSSR count). The SMILES string of the molecule is CCCCCCC#CN1C(=O)N(C)[C@@H](C)[C@H]1c1ccccc1. The molecule has 1 saturated heterocycles. The fourth-order valence-corrected chi connectivity index (χ4v) is 2.87. The molecule has 3 heteroatoms. The number of amides is 2. The van der Waals surface area contributed by atoms with Gasteiger partial charge in [0.15, 0.2) is 0 Å². The smallest absolute Gasteiger partial charge is 0.322 e.